The Morgan fingerprint density at radius 2 is 2.10 bits per heavy atom. The number of carbonyl (C=O) groups excluding carboxylic acids is 1. The first-order valence-corrected chi connectivity index (χ1v) is 6.61. The van der Waals surface area contributed by atoms with E-state index in [-0.39, 0.29) is 23.7 Å². The molecule has 2 N–H and O–H groups in total. The van der Waals surface area contributed by atoms with Gasteiger partial charge in [0.05, 0.1) is 12.1 Å². The molecule has 1 aromatic carbocycles. The summed E-state index contributed by atoms with van der Waals surface area (Å²) in [4.78, 5) is 11.8. The van der Waals surface area contributed by atoms with Gasteiger partial charge in [0.2, 0.25) is 5.91 Å². The number of nitrogens with one attached hydrogen (secondary N) is 1. The van der Waals surface area contributed by atoms with Crippen LogP contribution in [0.2, 0.25) is 0 Å². The fourth-order valence-corrected chi connectivity index (χ4v) is 3.03. The Hall–Kier alpha value is -2.14. The van der Waals surface area contributed by atoms with Gasteiger partial charge in [0.25, 0.3) is 0 Å². The van der Waals surface area contributed by atoms with E-state index >= 15 is 0 Å². The zero-order chi connectivity index (χ0) is 14.3. The number of rotatable bonds is 3. The highest BCUT2D eigenvalue weighted by molar-refractivity contribution is 5.84. The number of carbonyl (C=O) groups is 1. The van der Waals surface area contributed by atoms with Crippen LogP contribution in [-0.4, -0.2) is 20.9 Å². The molecule has 1 saturated carbocycles. The van der Waals surface area contributed by atoms with Crippen LogP contribution in [0, 0.1) is 12.8 Å². The fraction of sp³-hybridized carbons (Fsp3) is 0.333. The third-order valence-corrected chi connectivity index (χ3v) is 3.97. The van der Waals surface area contributed by atoms with Crippen molar-refractivity contribution >= 4 is 5.91 Å². The first kappa shape index (κ1) is 12.9. The van der Waals surface area contributed by atoms with Gasteiger partial charge in [-0.3, -0.25) is 14.7 Å². The minimum atomic E-state index is -0.328. The van der Waals surface area contributed by atoms with E-state index in [1.807, 2.05) is 38.4 Å². The highest BCUT2D eigenvalue weighted by atomic mass is 16.5. The summed E-state index contributed by atoms with van der Waals surface area (Å²) in [6, 6.07) is 8.16. The summed E-state index contributed by atoms with van der Waals surface area (Å²) in [5, 5.41) is 13.1. The van der Waals surface area contributed by atoms with E-state index in [0.717, 1.165) is 11.1 Å². The van der Waals surface area contributed by atoms with Gasteiger partial charge in [-0.25, -0.2) is 5.48 Å². The van der Waals surface area contributed by atoms with Crippen molar-refractivity contribution in [3.8, 4) is 0 Å². The van der Waals surface area contributed by atoms with E-state index in [2.05, 4.69) is 11.2 Å². The van der Waals surface area contributed by atoms with Gasteiger partial charge < -0.3 is 0 Å². The molecule has 0 unspecified atom stereocenters. The normalized spacial score (nSPS) is 24.4. The molecule has 1 amide bonds. The lowest BCUT2D eigenvalue weighted by Gasteiger charge is -2.01. The predicted octanol–water partition coefficient (Wildman–Crippen LogP) is 1.73. The van der Waals surface area contributed by atoms with E-state index < -0.39 is 0 Å². The highest BCUT2D eigenvalue weighted by Gasteiger charge is 2.56. The maximum Gasteiger partial charge on any atom is 0.247 e. The number of hydroxylamine groups is 1. The summed E-state index contributed by atoms with van der Waals surface area (Å²) in [6.07, 6.45) is 3.72. The Bertz CT molecular complexity index is 650. The molecule has 0 bridgehead atoms. The van der Waals surface area contributed by atoms with E-state index in [1.54, 1.807) is 16.4 Å². The van der Waals surface area contributed by atoms with Gasteiger partial charge in [0.1, 0.15) is 0 Å². The number of aryl methyl sites for hydroxylation is 2. The van der Waals surface area contributed by atoms with Crippen molar-refractivity contribution in [1.82, 2.24) is 15.3 Å². The minimum Gasteiger partial charge on any atom is -0.289 e. The van der Waals surface area contributed by atoms with Crippen LogP contribution in [0.4, 0.5) is 0 Å². The zero-order valence-electron chi connectivity index (χ0n) is 11.4. The van der Waals surface area contributed by atoms with Crippen molar-refractivity contribution in [2.24, 2.45) is 13.0 Å². The smallest absolute Gasteiger partial charge is 0.247 e. The van der Waals surface area contributed by atoms with Gasteiger partial charge in [-0.05, 0) is 18.1 Å². The third kappa shape index (κ3) is 2.10. The van der Waals surface area contributed by atoms with Crippen molar-refractivity contribution < 1.29 is 10.0 Å². The van der Waals surface area contributed by atoms with Crippen molar-refractivity contribution in [2.75, 3.05) is 0 Å². The first-order chi connectivity index (χ1) is 9.61. The number of nitrogens with zero attached hydrogens (tertiary/aromatic N) is 2. The molecular formula is C15H17N3O2. The molecule has 0 spiro atoms. The van der Waals surface area contributed by atoms with Crippen molar-refractivity contribution in [2.45, 2.75) is 18.8 Å². The lowest BCUT2D eigenvalue weighted by molar-refractivity contribution is -0.130. The van der Waals surface area contributed by atoms with Gasteiger partial charge >= 0.3 is 0 Å². The molecule has 3 atom stereocenters. The molecule has 0 saturated heterocycles. The van der Waals surface area contributed by atoms with Gasteiger partial charge in [-0.15, -0.1) is 0 Å². The molecule has 0 radical (unpaired) electrons. The SMILES string of the molecule is Cc1cccc([C@H]2[C@@H](C(=O)NO)[C@@H]2c2cnn(C)c2)c1. The molecule has 104 valence electrons. The van der Waals surface area contributed by atoms with Gasteiger partial charge in [0.15, 0.2) is 0 Å². The van der Waals surface area contributed by atoms with E-state index in [9.17, 15) is 4.79 Å². The second-order valence-electron chi connectivity index (χ2n) is 5.41. The molecule has 1 aromatic heterocycles. The lowest BCUT2D eigenvalue weighted by atomic mass is 10.0. The molecule has 0 aliphatic heterocycles. The van der Waals surface area contributed by atoms with Crippen molar-refractivity contribution in [3.63, 3.8) is 0 Å². The Morgan fingerprint density at radius 3 is 2.70 bits per heavy atom. The van der Waals surface area contributed by atoms with E-state index in [0.29, 0.717) is 0 Å². The summed E-state index contributed by atoms with van der Waals surface area (Å²) in [5.41, 5.74) is 5.12. The van der Waals surface area contributed by atoms with Gasteiger partial charge in [-0.2, -0.15) is 5.10 Å². The third-order valence-electron chi connectivity index (χ3n) is 3.97. The molecule has 1 fully saturated rings. The van der Waals surface area contributed by atoms with Crippen LogP contribution in [0.25, 0.3) is 0 Å². The monoisotopic (exact) mass is 271 g/mol. The van der Waals surface area contributed by atoms with Gasteiger partial charge in [0, 0.05) is 25.1 Å². The van der Waals surface area contributed by atoms with Gasteiger partial charge in [-0.1, -0.05) is 29.8 Å². The Morgan fingerprint density at radius 1 is 1.35 bits per heavy atom. The summed E-state index contributed by atoms with van der Waals surface area (Å²) < 4.78 is 1.73. The molecule has 2 aromatic rings. The quantitative estimate of drug-likeness (QED) is 0.660. The summed E-state index contributed by atoms with van der Waals surface area (Å²) in [7, 11) is 1.86. The maximum atomic E-state index is 11.8. The first-order valence-electron chi connectivity index (χ1n) is 6.61. The van der Waals surface area contributed by atoms with Crippen LogP contribution < -0.4 is 5.48 Å². The predicted molar refractivity (Wildman–Crippen MR) is 73.3 cm³/mol. The van der Waals surface area contributed by atoms with Crippen molar-refractivity contribution in [1.29, 1.82) is 0 Å². The molecule has 3 rings (SSSR count). The van der Waals surface area contributed by atoms with Crippen LogP contribution in [-0.2, 0) is 11.8 Å². The van der Waals surface area contributed by atoms with Crippen LogP contribution in [0.1, 0.15) is 28.5 Å². The summed E-state index contributed by atoms with van der Waals surface area (Å²) in [6.45, 7) is 2.03. The highest BCUT2D eigenvalue weighted by Crippen LogP contribution is 2.60. The van der Waals surface area contributed by atoms with E-state index in [4.69, 9.17) is 5.21 Å². The average molecular weight is 271 g/mol. The number of hydrogen-bond acceptors (Lipinski definition) is 3. The topological polar surface area (TPSA) is 67.2 Å². The zero-order valence-corrected chi connectivity index (χ0v) is 11.4. The van der Waals surface area contributed by atoms with E-state index in [1.165, 1.54) is 5.56 Å². The molecule has 1 heterocycles. The maximum absolute atomic E-state index is 11.8. The van der Waals surface area contributed by atoms with Crippen LogP contribution in [0.15, 0.2) is 36.7 Å². The fourth-order valence-electron chi connectivity index (χ4n) is 3.03. The summed E-state index contributed by atoms with van der Waals surface area (Å²) >= 11 is 0. The Labute approximate surface area is 117 Å². The molecule has 1 aliphatic rings. The number of benzene rings is 1. The van der Waals surface area contributed by atoms with Crippen LogP contribution in [0.3, 0.4) is 0 Å². The Balaban J connectivity index is 1.94. The molecule has 1 aliphatic carbocycles. The number of hydrogen-bond donors (Lipinski definition) is 2. The lowest BCUT2D eigenvalue weighted by Crippen LogP contribution is -2.21. The van der Waals surface area contributed by atoms with Crippen molar-refractivity contribution in [3.05, 3.63) is 53.3 Å². The molecule has 20 heavy (non-hydrogen) atoms. The minimum absolute atomic E-state index is 0.0812. The average Bonchev–Trinajstić information content (AvgIpc) is 3.05. The molecular weight excluding hydrogens is 254 g/mol. The second kappa shape index (κ2) is 4.76. The molecule has 5 heteroatoms. The van der Waals surface area contributed by atoms with Crippen LogP contribution >= 0.6 is 0 Å². The van der Waals surface area contributed by atoms with Crippen LogP contribution in [0.5, 0.6) is 0 Å². The number of aromatic nitrogens is 2. The Kier molecular flexibility index (Phi) is 3.06. The second-order valence-corrected chi connectivity index (χ2v) is 5.41. The standard InChI is InChI=1S/C15H17N3O2/c1-9-4-3-5-10(6-9)12-13(14(12)15(19)17-20)11-7-16-18(2)8-11/h3-8,12-14,20H,1-2H3,(H,17,19)/t12-,13-,14-/m1/s1. The molecule has 5 nitrogen and oxygen atoms in total. The summed E-state index contributed by atoms with van der Waals surface area (Å²) in [5.74, 6) is -0.375. The largest absolute Gasteiger partial charge is 0.289 e. The number of amides is 1.